The van der Waals surface area contributed by atoms with Gasteiger partial charge >= 0.3 is 6.09 Å². The van der Waals surface area contributed by atoms with E-state index in [2.05, 4.69) is 10.3 Å². The maximum atomic E-state index is 12.9. The van der Waals surface area contributed by atoms with Crippen LogP contribution in [-0.2, 0) is 11.3 Å². The van der Waals surface area contributed by atoms with E-state index in [1.807, 2.05) is 68.1 Å². The van der Waals surface area contributed by atoms with Crippen molar-refractivity contribution in [1.29, 1.82) is 0 Å². The van der Waals surface area contributed by atoms with Crippen LogP contribution < -0.4 is 5.32 Å². The Morgan fingerprint density at radius 3 is 2.50 bits per heavy atom. The largest absolute Gasteiger partial charge is 0.444 e. The number of aromatic nitrogens is 1. The van der Waals surface area contributed by atoms with E-state index in [0.29, 0.717) is 13.1 Å². The van der Waals surface area contributed by atoms with E-state index >= 15 is 0 Å². The fourth-order valence-corrected chi connectivity index (χ4v) is 2.93. The molecule has 26 heavy (non-hydrogen) atoms. The predicted octanol–water partition coefficient (Wildman–Crippen LogP) is 4.46. The maximum absolute atomic E-state index is 12.9. The highest BCUT2D eigenvalue weighted by Crippen LogP contribution is 2.43. The van der Waals surface area contributed by atoms with Gasteiger partial charge in [-0.2, -0.15) is 0 Å². The smallest absolute Gasteiger partial charge is 0.411 e. The van der Waals surface area contributed by atoms with Crippen molar-refractivity contribution in [3.63, 3.8) is 0 Å². The van der Waals surface area contributed by atoms with Crippen LogP contribution in [0, 0.1) is 0 Å². The molecule has 0 radical (unpaired) electrons. The molecule has 1 aliphatic rings. The predicted molar refractivity (Wildman–Crippen MR) is 103 cm³/mol. The third kappa shape index (κ3) is 4.75. The van der Waals surface area contributed by atoms with Gasteiger partial charge < -0.3 is 10.1 Å². The van der Waals surface area contributed by atoms with E-state index in [9.17, 15) is 4.79 Å². The molecule has 138 valence electrons. The van der Waals surface area contributed by atoms with Gasteiger partial charge in [-0.15, -0.1) is 0 Å². The van der Waals surface area contributed by atoms with Crippen molar-refractivity contribution in [1.82, 2.24) is 9.88 Å². The lowest BCUT2D eigenvalue weighted by Gasteiger charge is -2.34. The lowest BCUT2D eigenvalue weighted by molar-refractivity contribution is 0.0119. The molecule has 3 rings (SSSR count). The lowest BCUT2D eigenvalue weighted by atomic mass is 10.1. The molecular formula is C21H27N3O2. The van der Waals surface area contributed by atoms with E-state index in [0.717, 1.165) is 24.1 Å². The Balaban J connectivity index is 1.76. The molecule has 1 aliphatic carbocycles. The van der Waals surface area contributed by atoms with Gasteiger partial charge in [-0.05, 0) is 51.3 Å². The number of carbonyl (C=O) groups is 1. The first-order valence-electron chi connectivity index (χ1n) is 9.06. The zero-order valence-corrected chi connectivity index (χ0v) is 15.7. The highest BCUT2D eigenvalue weighted by molar-refractivity contribution is 5.70. The van der Waals surface area contributed by atoms with Gasteiger partial charge in [0.1, 0.15) is 5.60 Å². The summed E-state index contributed by atoms with van der Waals surface area (Å²) in [6, 6.07) is 13.9. The minimum atomic E-state index is -0.515. The molecule has 1 N–H and O–H groups in total. The summed E-state index contributed by atoms with van der Waals surface area (Å²) in [4.78, 5) is 18.9. The number of hydrogen-bond donors (Lipinski definition) is 1. The molecule has 1 amide bonds. The van der Waals surface area contributed by atoms with Crippen LogP contribution in [0.1, 0.15) is 39.2 Å². The SMILES string of the molecule is CC(C)(C)OC(=O)N(Cc1ccccc1)C1(CNc2cccnc2)CC1. The summed E-state index contributed by atoms with van der Waals surface area (Å²) in [5.41, 5.74) is 1.33. The molecule has 0 spiro atoms. The Kier molecular flexibility index (Phi) is 5.16. The van der Waals surface area contributed by atoms with E-state index in [-0.39, 0.29) is 11.6 Å². The number of amides is 1. The van der Waals surface area contributed by atoms with Crippen LogP contribution in [0.25, 0.3) is 0 Å². The first-order valence-corrected chi connectivity index (χ1v) is 9.06. The van der Waals surface area contributed by atoms with Crippen molar-refractivity contribution in [2.24, 2.45) is 0 Å². The molecule has 1 aromatic carbocycles. The first kappa shape index (κ1) is 18.2. The quantitative estimate of drug-likeness (QED) is 0.833. The van der Waals surface area contributed by atoms with Crippen LogP contribution >= 0.6 is 0 Å². The summed E-state index contributed by atoms with van der Waals surface area (Å²) in [6.45, 7) is 6.94. The van der Waals surface area contributed by atoms with Crippen LogP contribution in [-0.4, -0.2) is 33.7 Å². The highest BCUT2D eigenvalue weighted by Gasteiger charge is 2.51. The Bertz CT molecular complexity index is 722. The Morgan fingerprint density at radius 1 is 1.19 bits per heavy atom. The maximum Gasteiger partial charge on any atom is 0.411 e. The number of carbonyl (C=O) groups excluding carboxylic acids is 1. The summed E-state index contributed by atoms with van der Waals surface area (Å²) in [5, 5.41) is 3.42. The molecule has 5 nitrogen and oxygen atoms in total. The molecular weight excluding hydrogens is 326 g/mol. The van der Waals surface area contributed by atoms with Gasteiger partial charge in [0.15, 0.2) is 0 Å². The summed E-state index contributed by atoms with van der Waals surface area (Å²) in [7, 11) is 0. The average Bonchev–Trinajstić information content (AvgIpc) is 3.39. The topological polar surface area (TPSA) is 54.5 Å². The Hall–Kier alpha value is -2.56. The average molecular weight is 353 g/mol. The molecule has 1 aromatic heterocycles. The van der Waals surface area contributed by atoms with Gasteiger partial charge in [-0.1, -0.05) is 30.3 Å². The fraction of sp³-hybridized carbons (Fsp3) is 0.429. The minimum Gasteiger partial charge on any atom is -0.444 e. The van der Waals surface area contributed by atoms with Gasteiger partial charge in [-0.3, -0.25) is 9.88 Å². The molecule has 0 unspecified atom stereocenters. The van der Waals surface area contributed by atoms with E-state index < -0.39 is 5.60 Å². The van der Waals surface area contributed by atoms with Crippen LogP contribution in [0.2, 0.25) is 0 Å². The molecule has 1 fully saturated rings. The van der Waals surface area contributed by atoms with Crippen LogP contribution in [0.4, 0.5) is 10.5 Å². The molecule has 5 heteroatoms. The van der Waals surface area contributed by atoms with Crippen molar-refractivity contribution < 1.29 is 9.53 Å². The van der Waals surface area contributed by atoms with Crippen molar-refractivity contribution in [3.05, 3.63) is 60.4 Å². The van der Waals surface area contributed by atoms with Crippen LogP contribution in [0.3, 0.4) is 0 Å². The number of ether oxygens (including phenoxy) is 1. The van der Waals surface area contributed by atoms with Gasteiger partial charge in [0, 0.05) is 25.5 Å². The summed E-state index contributed by atoms with van der Waals surface area (Å²) < 4.78 is 5.70. The fourth-order valence-electron chi connectivity index (χ4n) is 2.93. The molecule has 0 aliphatic heterocycles. The summed E-state index contributed by atoms with van der Waals surface area (Å²) in [6.07, 6.45) is 5.22. The monoisotopic (exact) mass is 353 g/mol. The third-order valence-corrected chi connectivity index (χ3v) is 4.48. The standard InChI is InChI=1S/C21H27N3O2/c1-20(2,3)26-19(25)24(15-17-8-5-4-6-9-17)21(11-12-21)16-23-18-10-7-13-22-14-18/h4-10,13-14,23H,11-12,15-16H2,1-3H3. The number of nitrogens with zero attached hydrogens (tertiary/aromatic N) is 2. The molecule has 0 atom stereocenters. The van der Waals surface area contributed by atoms with Crippen molar-refractivity contribution in [2.45, 2.75) is 51.3 Å². The van der Waals surface area contributed by atoms with Gasteiger partial charge in [-0.25, -0.2) is 4.79 Å². The summed E-state index contributed by atoms with van der Waals surface area (Å²) in [5.74, 6) is 0. The number of hydrogen-bond acceptors (Lipinski definition) is 4. The van der Waals surface area contributed by atoms with E-state index in [4.69, 9.17) is 4.74 Å². The minimum absolute atomic E-state index is 0.214. The molecule has 0 saturated heterocycles. The summed E-state index contributed by atoms with van der Waals surface area (Å²) >= 11 is 0. The number of anilines is 1. The Labute approximate surface area is 155 Å². The van der Waals surface area contributed by atoms with Crippen molar-refractivity contribution in [3.8, 4) is 0 Å². The van der Waals surface area contributed by atoms with Gasteiger partial charge in [0.05, 0.1) is 11.2 Å². The number of benzene rings is 1. The van der Waals surface area contributed by atoms with Crippen molar-refractivity contribution in [2.75, 3.05) is 11.9 Å². The third-order valence-electron chi connectivity index (χ3n) is 4.48. The van der Waals surface area contributed by atoms with Crippen LogP contribution in [0.5, 0.6) is 0 Å². The molecule has 2 aromatic rings. The second-order valence-corrected chi connectivity index (χ2v) is 7.87. The molecule has 1 heterocycles. The second-order valence-electron chi connectivity index (χ2n) is 7.87. The zero-order valence-electron chi connectivity index (χ0n) is 15.7. The highest BCUT2D eigenvalue weighted by atomic mass is 16.6. The van der Waals surface area contributed by atoms with E-state index in [1.54, 1.807) is 12.4 Å². The van der Waals surface area contributed by atoms with Gasteiger partial charge in [0.25, 0.3) is 0 Å². The number of pyridine rings is 1. The zero-order chi connectivity index (χ0) is 18.6. The number of nitrogens with one attached hydrogen (secondary N) is 1. The first-order chi connectivity index (χ1) is 12.4. The van der Waals surface area contributed by atoms with Gasteiger partial charge in [0.2, 0.25) is 0 Å². The van der Waals surface area contributed by atoms with E-state index in [1.165, 1.54) is 0 Å². The lowest BCUT2D eigenvalue weighted by Crippen LogP contribution is -2.47. The second kappa shape index (κ2) is 7.36. The molecule has 1 saturated carbocycles. The molecule has 0 bridgehead atoms. The van der Waals surface area contributed by atoms with Crippen LogP contribution in [0.15, 0.2) is 54.9 Å². The number of rotatable bonds is 6. The van der Waals surface area contributed by atoms with Crippen molar-refractivity contribution >= 4 is 11.8 Å². The Morgan fingerprint density at radius 2 is 1.92 bits per heavy atom. The normalized spacial score (nSPS) is 15.2.